The molecule has 0 radical (unpaired) electrons. The first kappa shape index (κ1) is 16.3. The number of likely N-dealkylation sites (N-methyl/N-ethyl adjacent to an activating group) is 1. The average Bonchev–Trinajstić information content (AvgIpc) is 2.41. The lowest BCUT2D eigenvalue weighted by atomic mass is 10.0. The zero-order chi connectivity index (χ0) is 13.0. The number of benzene rings is 1. The molecule has 2 rings (SSSR count). The lowest BCUT2D eigenvalue weighted by Gasteiger charge is -2.32. The maximum absolute atomic E-state index is 5.39. The van der Waals surface area contributed by atoms with E-state index < -0.39 is 0 Å². The molecular weight excluding hydrogens is 260 g/mol. The van der Waals surface area contributed by atoms with Crippen molar-refractivity contribution >= 4 is 12.4 Å². The van der Waals surface area contributed by atoms with Crippen molar-refractivity contribution in [3.05, 3.63) is 29.3 Å². The van der Waals surface area contributed by atoms with Crippen molar-refractivity contribution in [2.45, 2.75) is 32.4 Å². The molecule has 1 N–H and O–H groups in total. The van der Waals surface area contributed by atoms with E-state index in [1.165, 1.54) is 30.5 Å². The molecule has 0 saturated carbocycles. The van der Waals surface area contributed by atoms with Gasteiger partial charge in [0.1, 0.15) is 5.75 Å². The Labute approximate surface area is 122 Å². The molecule has 1 saturated heterocycles. The van der Waals surface area contributed by atoms with Crippen LogP contribution in [0.15, 0.2) is 18.2 Å². The zero-order valence-electron chi connectivity index (χ0n) is 12.1. The molecule has 1 aromatic carbocycles. The monoisotopic (exact) mass is 284 g/mol. The van der Waals surface area contributed by atoms with E-state index >= 15 is 0 Å². The van der Waals surface area contributed by atoms with Crippen LogP contribution in [-0.4, -0.2) is 38.2 Å². The molecule has 0 amide bonds. The first-order chi connectivity index (χ1) is 8.72. The second-order valence-electron chi connectivity index (χ2n) is 5.17. The predicted octanol–water partition coefficient (Wildman–Crippen LogP) is 2.61. The summed E-state index contributed by atoms with van der Waals surface area (Å²) >= 11 is 0. The molecule has 1 atom stereocenters. The molecule has 0 bridgehead atoms. The van der Waals surface area contributed by atoms with E-state index in [4.69, 9.17) is 4.74 Å². The van der Waals surface area contributed by atoms with Gasteiger partial charge in [-0.1, -0.05) is 12.1 Å². The molecule has 0 aromatic heterocycles. The molecule has 1 aliphatic rings. The van der Waals surface area contributed by atoms with Gasteiger partial charge in [0, 0.05) is 19.1 Å². The van der Waals surface area contributed by atoms with Gasteiger partial charge in [0.15, 0.2) is 0 Å². The van der Waals surface area contributed by atoms with Crippen LogP contribution in [0.1, 0.15) is 24.0 Å². The third kappa shape index (κ3) is 4.37. The molecule has 0 spiro atoms. The Hall–Kier alpha value is -0.770. The Bertz CT molecular complexity index is 398. The fourth-order valence-corrected chi connectivity index (χ4v) is 2.66. The van der Waals surface area contributed by atoms with Gasteiger partial charge >= 0.3 is 0 Å². The molecule has 108 valence electrons. The number of ether oxygens (including phenoxy) is 1. The summed E-state index contributed by atoms with van der Waals surface area (Å²) < 4.78 is 5.39. The van der Waals surface area contributed by atoms with Gasteiger partial charge in [-0.3, -0.25) is 4.90 Å². The topological polar surface area (TPSA) is 24.5 Å². The summed E-state index contributed by atoms with van der Waals surface area (Å²) in [5, 5.41) is 3.38. The van der Waals surface area contributed by atoms with Gasteiger partial charge in [-0.15, -0.1) is 12.4 Å². The van der Waals surface area contributed by atoms with E-state index in [0.29, 0.717) is 6.04 Å². The summed E-state index contributed by atoms with van der Waals surface area (Å²) in [6.45, 7) is 5.45. The van der Waals surface area contributed by atoms with Gasteiger partial charge < -0.3 is 10.1 Å². The number of rotatable bonds is 4. The Kier molecular flexibility index (Phi) is 6.63. The van der Waals surface area contributed by atoms with E-state index in [2.05, 4.69) is 42.4 Å². The van der Waals surface area contributed by atoms with Crippen molar-refractivity contribution in [1.82, 2.24) is 10.2 Å². The Balaban J connectivity index is 0.00000180. The van der Waals surface area contributed by atoms with Crippen molar-refractivity contribution in [2.75, 3.05) is 27.2 Å². The standard InChI is InChI=1S/C15H24N2O.ClH/c1-12-6-7-13(9-15(12)18-3)10-17-8-4-5-14(11-17)16-2;/h6-7,9,14,16H,4-5,8,10-11H2,1-3H3;1H. The van der Waals surface area contributed by atoms with Crippen molar-refractivity contribution in [3.63, 3.8) is 0 Å². The second kappa shape index (κ2) is 7.73. The van der Waals surface area contributed by atoms with Crippen molar-refractivity contribution < 1.29 is 4.74 Å². The molecule has 3 nitrogen and oxygen atoms in total. The lowest BCUT2D eigenvalue weighted by Crippen LogP contribution is -2.43. The van der Waals surface area contributed by atoms with Gasteiger partial charge in [-0.25, -0.2) is 0 Å². The van der Waals surface area contributed by atoms with Crippen LogP contribution in [0.25, 0.3) is 0 Å². The SMILES string of the molecule is CNC1CCCN(Cc2ccc(C)c(OC)c2)C1.Cl. The molecule has 1 heterocycles. The van der Waals surface area contributed by atoms with E-state index in [1.807, 2.05) is 0 Å². The third-order valence-electron chi connectivity index (χ3n) is 3.79. The maximum atomic E-state index is 5.39. The van der Waals surface area contributed by atoms with Crippen LogP contribution in [0.4, 0.5) is 0 Å². The highest BCUT2D eigenvalue weighted by Gasteiger charge is 2.18. The number of methoxy groups -OCH3 is 1. The van der Waals surface area contributed by atoms with Gasteiger partial charge in [0.25, 0.3) is 0 Å². The number of hydrogen-bond donors (Lipinski definition) is 1. The smallest absolute Gasteiger partial charge is 0.122 e. The predicted molar refractivity (Wildman–Crippen MR) is 82.3 cm³/mol. The van der Waals surface area contributed by atoms with Crippen LogP contribution in [-0.2, 0) is 6.54 Å². The first-order valence-electron chi connectivity index (χ1n) is 6.76. The molecule has 1 aliphatic heterocycles. The van der Waals surface area contributed by atoms with E-state index in [-0.39, 0.29) is 12.4 Å². The number of halogens is 1. The number of aryl methyl sites for hydroxylation is 1. The number of piperidine rings is 1. The van der Waals surface area contributed by atoms with Gasteiger partial charge in [0.2, 0.25) is 0 Å². The van der Waals surface area contributed by atoms with Crippen molar-refractivity contribution in [1.29, 1.82) is 0 Å². The second-order valence-corrected chi connectivity index (χ2v) is 5.17. The molecule has 4 heteroatoms. The molecule has 0 aliphatic carbocycles. The van der Waals surface area contributed by atoms with Crippen LogP contribution in [0, 0.1) is 6.92 Å². The number of likely N-dealkylation sites (tertiary alicyclic amines) is 1. The molecular formula is C15H25ClN2O. The summed E-state index contributed by atoms with van der Waals surface area (Å²) in [4.78, 5) is 2.52. The van der Waals surface area contributed by atoms with Gasteiger partial charge in [-0.2, -0.15) is 0 Å². The number of hydrogen-bond acceptors (Lipinski definition) is 3. The maximum Gasteiger partial charge on any atom is 0.122 e. The number of nitrogens with one attached hydrogen (secondary N) is 1. The third-order valence-corrected chi connectivity index (χ3v) is 3.79. The lowest BCUT2D eigenvalue weighted by molar-refractivity contribution is 0.188. The minimum Gasteiger partial charge on any atom is -0.496 e. The fourth-order valence-electron chi connectivity index (χ4n) is 2.66. The minimum atomic E-state index is 0. The highest BCUT2D eigenvalue weighted by molar-refractivity contribution is 5.85. The van der Waals surface area contributed by atoms with Crippen LogP contribution in [0.3, 0.4) is 0 Å². The quantitative estimate of drug-likeness (QED) is 0.920. The summed E-state index contributed by atoms with van der Waals surface area (Å²) in [5.74, 6) is 0.995. The van der Waals surface area contributed by atoms with Crippen molar-refractivity contribution in [2.24, 2.45) is 0 Å². The highest BCUT2D eigenvalue weighted by atomic mass is 35.5. The highest BCUT2D eigenvalue weighted by Crippen LogP contribution is 2.21. The fraction of sp³-hybridized carbons (Fsp3) is 0.600. The van der Waals surface area contributed by atoms with Crippen LogP contribution in [0.2, 0.25) is 0 Å². The minimum absolute atomic E-state index is 0. The summed E-state index contributed by atoms with van der Waals surface area (Å²) in [7, 11) is 3.80. The Morgan fingerprint density at radius 3 is 2.89 bits per heavy atom. The zero-order valence-corrected chi connectivity index (χ0v) is 12.9. The Morgan fingerprint density at radius 2 is 2.21 bits per heavy atom. The Morgan fingerprint density at radius 1 is 1.42 bits per heavy atom. The largest absolute Gasteiger partial charge is 0.496 e. The molecule has 19 heavy (non-hydrogen) atoms. The summed E-state index contributed by atoms with van der Waals surface area (Å²) in [5.41, 5.74) is 2.54. The van der Waals surface area contributed by atoms with Crippen LogP contribution >= 0.6 is 12.4 Å². The number of nitrogens with zero attached hydrogens (tertiary/aromatic N) is 1. The van der Waals surface area contributed by atoms with Crippen LogP contribution < -0.4 is 10.1 Å². The first-order valence-corrected chi connectivity index (χ1v) is 6.76. The normalized spacial score (nSPS) is 19.8. The molecule has 1 unspecified atom stereocenters. The average molecular weight is 285 g/mol. The molecule has 1 fully saturated rings. The van der Waals surface area contributed by atoms with Gasteiger partial charge in [-0.05, 0) is 50.6 Å². The van der Waals surface area contributed by atoms with E-state index in [9.17, 15) is 0 Å². The molecule has 1 aromatic rings. The van der Waals surface area contributed by atoms with E-state index in [0.717, 1.165) is 18.8 Å². The van der Waals surface area contributed by atoms with Gasteiger partial charge in [0.05, 0.1) is 7.11 Å². The van der Waals surface area contributed by atoms with Crippen LogP contribution in [0.5, 0.6) is 5.75 Å². The van der Waals surface area contributed by atoms with Crippen molar-refractivity contribution in [3.8, 4) is 5.75 Å². The summed E-state index contributed by atoms with van der Waals surface area (Å²) in [6, 6.07) is 7.17. The van der Waals surface area contributed by atoms with E-state index in [1.54, 1.807) is 7.11 Å². The summed E-state index contributed by atoms with van der Waals surface area (Å²) in [6.07, 6.45) is 2.58.